The molecule has 0 heterocycles. The van der Waals surface area contributed by atoms with Crippen molar-refractivity contribution in [1.82, 2.24) is 9.62 Å². The van der Waals surface area contributed by atoms with Gasteiger partial charge in [-0.25, -0.2) is 8.42 Å². The molecule has 1 saturated carbocycles. The number of anilines is 1. The monoisotopic (exact) mass is 431 g/mol. The fourth-order valence-corrected chi connectivity index (χ4v) is 5.07. The number of carbonyl (C=O) groups is 1. The van der Waals surface area contributed by atoms with Crippen molar-refractivity contribution in [2.45, 2.75) is 43.0 Å². The predicted molar refractivity (Wildman–Crippen MR) is 118 cm³/mol. The molecule has 0 atom stereocenters. The van der Waals surface area contributed by atoms with E-state index in [1.807, 2.05) is 6.07 Å². The van der Waals surface area contributed by atoms with Gasteiger partial charge in [-0.2, -0.15) is 4.31 Å². The zero-order valence-corrected chi connectivity index (χ0v) is 17.9. The zero-order chi connectivity index (χ0) is 20.9. The first kappa shape index (κ1) is 21.4. The third-order valence-electron chi connectivity index (χ3n) is 5.14. The summed E-state index contributed by atoms with van der Waals surface area (Å²) in [5.74, 6) is -0.309. The minimum Gasteiger partial charge on any atom is -0.332 e. The molecule has 0 spiro atoms. The number of carbonyl (C=O) groups excluding carboxylic acids is 1. The van der Waals surface area contributed by atoms with Gasteiger partial charge in [0.15, 0.2) is 5.11 Å². The molecule has 2 aromatic carbocycles. The number of hydrogen-bond acceptors (Lipinski definition) is 4. The largest absolute Gasteiger partial charge is 0.332 e. The maximum Gasteiger partial charge on any atom is 0.257 e. The molecule has 8 heteroatoms. The van der Waals surface area contributed by atoms with Crippen LogP contribution in [-0.4, -0.2) is 36.8 Å². The summed E-state index contributed by atoms with van der Waals surface area (Å²) < 4.78 is 27.3. The van der Waals surface area contributed by atoms with Gasteiger partial charge in [-0.15, -0.1) is 0 Å². The maximum atomic E-state index is 12.9. The van der Waals surface area contributed by atoms with Crippen molar-refractivity contribution < 1.29 is 13.2 Å². The Balaban J connectivity index is 1.62. The minimum absolute atomic E-state index is 0.0623. The maximum absolute atomic E-state index is 12.9. The summed E-state index contributed by atoms with van der Waals surface area (Å²) in [6.45, 7) is 0. The predicted octanol–water partition coefficient (Wildman–Crippen LogP) is 3.77. The van der Waals surface area contributed by atoms with E-state index in [9.17, 15) is 13.2 Å². The molecule has 2 N–H and O–H groups in total. The molecular weight excluding hydrogens is 406 g/mol. The van der Waals surface area contributed by atoms with Crippen LogP contribution in [0, 0.1) is 0 Å². The first-order valence-corrected chi connectivity index (χ1v) is 11.5. The quantitative estimate of drug-likeness (QED) is 0.705. The van der Waals surface area contributed by atoms with Gasteiger partial charge in [0.1, 0.15) is 0 Å². The van der Waals surface area contributed by atoms with Crippen molar-refractivity contribution in [2.75, 3.05) is 12.4 Å². The second kappa shape index (κ2) is 9.47. The molecule has 0 aromatic heterocycles. The first-order valence-electron chi connectivity index (χ1n) is 9.63. The van der Waals surface area contributed by atoms with Crippen molar-refractivity contribution in [3.63, 3.8) is 0 Å². The molecule has 0 radical (unpaired) electrons. The highest BCUT2D eigenvalue weighted by molar-refractivity contribution is 7.89. The standard InChI is InChI=1S/C21H25N3O3S2/c1-24(18-10-6-3-7-11-18)29(26,27)19-14-12-17(13-15-19)22-21(28)23-20(25)16-8-4-2-5-9-16/h2,4-5,8-9,12-15,18H,3,6-7,10-11H2,1H3,(H2,22,23,25,28). The van der Waals surface area contributed by atoms with Crippen LogP contribution in [-0.2, 0) is 10.0 Å². The van der Waals surface area contributed by atoms with Crippen molar-refractivity contribution in [3.05, 3.63) is 60.2 Å². The number of rotatable bonds is 5. The van der Waals surface area contributed by atoms with Gasteiger partial charge in [-0.05, 0) is 61.5 Å². The highest BCUT2D eigenvalue weighted by atomic mass is 32.2. The molecule has 0 unspecified atom stereocenters. The molecule has 1 aliphatic rings. The van der Waals surface area contributed by atoms with Gasteiger partial charge in [0.05, 0.1) is 4.90 Å². The fraction of sp³-hybridized carbons (Fsp3) is 0.333. The molecular formula is C21H25N3O3S2. The Labute approximate surface area is 177 Å². The van der Waals surface area contributed by atoms with Gasteiger partial charge >= 0.3 is 0 Å². The van der Waals surface area contributed by atoms with E-state index >= 15 is 0 Å². The minimum atomic E-state index is -3.54. The molecule has 1 amide bonds. The Hall–Kier alpha value is -2.29. The van der Waals surface area contributed by atoms with Crippen LogP contribution in [0.3, 0.4) is 0 Å². The average molecular weight is 432 g/mol. The van der Waals surface area contributed by atoms with Gasteiger partial charge in [0.2, 0.25) is 10.0 Å². The number of thiocarbonyl (C=S) groups is 1. The molecule has 1 fully saturated rings. The number of benzene rings is 2. The lowest BCUT2D eigenvalue weighted by Gasteiger charge is -2.30. The summed E-state index contributed by atoms with van der Waals surface area (Å²) in [6.07, 6.45) is 5.13. The van der Waals surface area contributed by atoms with E-state index in [2.05, 4.69) is 10.6 Å². The SMILES string of the molecule is CN(C1CCCCC1)S(=O)(=O)c1ccc(NC(=S)NC(=O)c2ccccc2)cc1. The molecule has 29 heavy (non-hydrogen) atoms. The normalized spacial score (nSPS) is 15.1. The molecule has 3 rings (SSSR count). The third-order valence-corrected chi connectivity index (χ3v) is 7.27. The molecule has 2 aromatic rings. The summed E-state index contributed by atoms with van der Waals surface area (Å²) in [5, 5.41) is 5.66. The molecule has 0 saturated heterocycles. The van der Waals surface area contributed by atoms with Crippen LogP contribution in [0.4, 0.5) is 5.69 Å². The molecule has 0 bridgehead atoms. The summed E-state index contributed by atoms with van der Waals surface area (Å²) in [7, 11) is -1.88. The highest BCUT2D eigenvalue weighted by Gasteiger charge is 2.28. The van der Waals surface area contributed by atoms with E-state index < -0.39 is 10.0 Å². The van der Waals surface area contributed by atoms with Crippen LogP contribution in [0.2, 0.25) is 0 Å². The van der Waals surface area contributed by atoms with Crippen molar-refractivity contribution >= 4 is 38.9 Å². The lowest BCUT2D eigenvalue weighted by molar-refractivity contribution is 0.0977. The van der Waals surface area contributed by atoms with Crippen molar-refractivity contribution in [1.29, 1.82) is 0 Å². The second-order valence-electron chi connectivity index (χ2n) is 7.11. The second-order valence-corrected chi connectivity index (χ2v) is 9.52. The highest BCUT2D eigenvalue weighted by Crippen LogP contribution is 2.27. The number of nitrogens with zero attached hydrogens (tertiary/aromatic N) is 1. The van der Waals surface area contributed by atoms with E-state index in [-0.39, 0.29) is 22.0 Å². The van der Waals surface area contributed by atoms with Crippen LogP contribution in [0.15, 0.2) is 59.5 Å². The average Bonchev–Trinajstić information content (AvgIpc) is 2.74. The van der Waals surface area contributed by atoms with Crippen molar-refractivity contribution in [2.24, 2.45) is 0 Å². The van der Waals surface area contributed by atoms with Gasteiger partial charge < -0.3 is 5.32 Å². The lowest BCUT2D eigenvalue weighted by Crippen LogP contribution is -2.38. The van der Waals surface area contributed by atoms with Crippen LogP contribution in [0.1, 0.15) is 42.5 Å². The van der Waals surface area contributed by atoms with Crippen LogP contribution >= 0.6 is 12.2 Å². The summed E-state index contributed by atoms with van der Waals surface area (Å²) in [6, 6.07) is 15.2. The topological polar surface area (TPSA) is 78.5 Å². The fourth-order valence-electron chi connectivity index (χ4n) is 3.44. The van der Waals surface area contributed by atoms with Gasteiger partial charge in [-0.1, -0.05) is 37.5 Å². The Bertz CT molecular complexity index is 954. The zero-order valence-electron chi connectivity index (χ0n) is 16.3. The molecule has 0 aliphatic heterocycles. The smallest absolute Gasteiger partial charge is 0.257 e. The van der Waals surface area contributed by atoms with Crippen LogP contribution in [0.25, 0.3) is 0 Å². The first-order chi connectivity index (χ1) is 13.9. The summed E-state index contributed by atoms with van der Waals surface area (Å²) >= 11 is 5.18. The third kappa shape index (κ3) is 5.41. The Morgan fingerprint density at radius 1 is 1.00 bits per heavy atom. The van der Waals surface area contributed by atoms with Gasteiger partial charge in [0, 0.05) is 24.3 Å². The van der Waals surface area contributed by atoms with E-state index in [0.717, 1.165) is 25.7 Å². The Morgan fingerprint density at radius 2 is 1.62 bits per heavy atom. The summed E-state index contributed by atoms with van der Waals surface area (Å²) in [4.78, 5) is 12.4. The van der Waals surface area contributed by atoms with E-state index in [1.165, 1.54) is 10.7 Å². The number of amides is 1. The molecule has 1 aliphatic carbocycles. The van der Waals surface area contributed by atoms with Crippen LogP contribution in [0.5, 0.6) is 0 Å². The van der Waals surface area contributed by atoms with E-state index in [0.29, 0.717) is 11.3 Å². The molecule has 6 nitrogen and oxygen atoms in total. The summed E-state index contributed by atoms with van der Waals surface area (Å²) in [5.41, 5.74) is 1.10. The lowest BCUT2D eigenvalue weighted by atomic mass is 9.96. The number of sulfonamides is 1. The van der Waals surface area contributed by atoms with E-state index in [4.69, 9.17) is 12.2 Å². The number of hydrogen-bond donors (Lipinski definition) is 2. The Morgan fingerprint density at radius 3 is 2.24 bits per heavy atom. The van der Waals surface area contributed by atoms with Gasteiger partial charge in [-0.3, -0.25) is 10.1 Å². The van der Waals surface area contributed by atoms with Crippen molar-refractivity contribution in [3.8, 4) is 0 Å². The Kier molecular flexibility index (Phi) is 7.00. The van der Waals surface area contributed by atoms with Gasteiger partial charge in [0.25, 0.3) is 5.91 Å². The van der Waals surface area contributed by atoms with Crippen LogP contribution < -0.4 is 10.6 Å². The molecule has 154 valence electrons. The van der Waals surface area contributed by atoms with E-state index in [1.54, 1.807) is 55.6 Å². The number of nitrogens with one attached hydrogen (secondary N) is 2.